The highest BCUT2D eigenvalue weighted by molar-refractivity contribution is 5.59. The zero-order valence-corrected chi connectivity index (χ0v) is 14.0. The van der Waals surface area contributed by atoms with Gasteiger partial charge in [-0.1, -0.05) is 30.3 Å². The number of rotatable bonds is 4. The lowest BCUT2D eigenvalue weighted by atomic mass is 10.1. The van der Waals surface area contributed by atoms with Crippen molar-refractivity contribution in [2.75, 3.05) is 50.8 Å². The Balaban J connectivity index is 1.38. The van der Waals surface area contributed by atoms with Crippen LogP contribution in [0.2, 0.25) is 0 Å². The molecule has 0 N–H and O–H groups in total. The van der Waals surface area contributed by atoms with Crippen molar-refractivity contribution >= 4 is 5.95 Å². The van der Waals surface area contributed by atoms with Crippen molar-refractivity contribution < 1.29 is 4.74 Å². The summed E-state index contributed by atoms with van der Waals surface area (Å²) in [4.78, 5) is 14.1. The van der Waals surface area contributed by atoms with E-state index < -0.39 is 0 Å². The van der Waals surface area contributed by atoms with E-state index in [1.54, 1.807) is 0 Å². The van der Waals surface area contributed by atoms with Crippen LogP contribution in [0, 0.1) is 5.92 Å². The van der Waals surface area contributed by atoms with E-state index in [0.717, 1.165) is 56.6 Å². The fourth-order valence-corrected chi connectivity index (χ4v) is 3.49. The molecule has 0 unspecified atom stereocenters. The fourth-order valence-electron chi connectivity index (χ4n) is 3.49. The van der Waals surface area contributed by atoms with Crippen molar-refractivity contribution in [3.8, 4) is 11.3 Å². The number of aromatic nitrogens is 2. The summed E-state index contributed by atoms with van der Waals surface area (Å²) in [7, 11) is 0. The first-order valence-corrected chi connectivity index (χ1v) is 8.82. The van der Waals surface area contributed by atoms with Crippen LogP contribution in [0.4, 0.5) is 5.95 Å². The van der Waals surface area contributed by atoms with Crippen LogP contribution in [-0.4, -0.2) is 60.8 Å². The second kappa shape index (κ2) is 7.28. The van der Waals surface area contributed by atoms with Gasteiger partial charge < -0.3 is 9.64 Å². The van der Waals surface area contributed by atoms with E-state index in [9.17, 15) is 0 Å². The SMILES string of the molecule is c1ccc(-c2ccnc(N3CCN(C[C@@H]4CCOC4)CC3)n2)cc1. The standard InChI is InChI=1S/C19H24N4O/c1-2-4-17(5-3-1)18-6-8-20-19(21-18)23-11-9-22(10-12-23)14-16-7-13-24-15-16/h1-6,8,16H,7,9-15H2/t16-/m0/s1. The van der Waals surface area contributed by atoms with Crippen molar-refractivity contribution in [3.05, 3.63) is 42.6 Å². The van der Waals surface area contributed by atoms with Gasteiger partial charge in [-0.15, -0.1) is 0 Å². The van der Waals surface area contributed by atoms with Crippen LogP contribution in [0.15, 0.2) is 42.6 Å². The largest absolute Gasteiger partial charge is 0.381 e. The van der Waals surface area contributed by atoms with E-state index in [1.807, 2.05) is 30.5 Å². The number of piperazine rings is 1. The van der Waals surface area contributed by atoms with Crippen molar-refractivity contribution in [1.29, 1.82) is 0 Å². The van der Waals surface area contributed by atoms with E-state index >= 15 is 0 Å². The summed E-state index contributed by atoms with van der Waals surface area (Å²) in [6.07, 6.45) is 3.08. The monoisotopic (exact) mass is 324 g/mol. The van der Waals surface area contributed by atoms with Crippen molar-refractivity contribution in [3.63, 3.8) is 0 Å². The predicted octanol–water partition coefficient (Wildman–Crippen LogP) is 2.30. The van der Waals surface area contributed by atoms with Gasteiger partial charge in [-0.2, -0.15) is 0 Å². The molecule has 2 fully saturated rings. The summed E-state index contributed by atoms with van der Waals surface area (Å²) >= 11 is 0. The number of hydrogen-bond donors (Lipinski definition) is 0. The Labute approximate surface area is 143 Å². The average Bonchev–Trinajstić information content (AvgIpc) is 3.16. The van der Waals surface area contributed by atoms with E-state index in [0.29, 0.717) is 5.92 Å². The van der Waals surface area contributed by atoms with Crippen molar-refractivity contribution in [2.45, 2.75) is 6.42 Å². The molecule has 3 heterocycles. The minimum atomic E-state index is 0.717. The van der Waals surface area contributed by atoms with Gasteiger partial charge in [-0.3, -0.25) is 4.90 Å². The molecular weight excluding hydrogens is 300 g/mol. The summed E-state index contributed by atoms with van der Waals surface area (Å²) in [5, 5.41) is 0. The third kappa shape index (κ3) is 3.57. The maximum Gasteiger partial charge on any atom is 0.225 e. The Morgan fingerprint density at radius 2 is 1.88 bits per heavy atom. The first kappa shape index (κ1) is 15.5. The Morgan fingerprint density at radius 1 is 1.04 bits per heavy atom. The molecule has 0 spiro atoms. The molecule has 0 amide bonds. The van der Waals surface area contributed by atoms with Crippen LogP contribution < -0.4 is 4.90 Å². The molecular formula is C19H24N4O. The third-order valence-electron chi connectivity index (χ3n) is 4.91. The summed E-state index contributed by atoms with van der Waals surface area (Å²) in [5.41, 5.74) is 2.13. The average molecular weight is 324 g/mol. The molecule has 24 heavy (non-hydrogen) atoms. The highest BCUT2D eigenvalue weighted by Crippen LogP contribution is 2.20. The van der Waals surface area contributed by atoms with Gasteiger partial charge in [0.15, 0.2) is 0 Å². The Bertz CT molecular complexity index is 649. The molecule has 5 nitrogen and oxygen atoms in total. The van der Waals surface area contributed by atoms with Gasteiger partial charge in [-0.05, 0) is 18.4 Å². The molecule has 126 valence electrons. The van der Waals surface area contributed by atoms with Crippen molar-refractivity contribution in [1.82, 2.24) is 14.9 Å². The summed E-state index contributed by atoms with van der Waals surface area (Å²) in [5.74, 6) is 1.56. The normalized spacial score (nSPS) is 22.0. The van der Waals surface area contributed by atoms with E-state index in [1.165, 1.54) is 13.0 Å². The molecule has 1 atom stereocenters. The summed E-state index contributed by atoms with van der Waals surface area (Å²) in [6.45, 7) is 7.18. The lowest BCUT2D eigenvalue weighted by molar-refractivity contribution is 0.164. The van der Waals surface area contributed by atoms with Gasteiger partial charge in [0.2, 0.25) is 5.95 Å². The van der Waals surface area contributed by atoms with Crippen LogP contribution in [0.1, 0.15) is 6.42 Å². The zero-order valence-electron chi connectivity index (χ0n) is 14.0. The number of anilines is 1. The minimum absolute atomic E-state index is 0.717. The lowest BCUT2D eigenvalue weighted by Gasteiger charge is -2.35. The van der Waals surface area contributed by atoms with Crippen LogP contribution >= 0.6 is 0 Å². The lowest BCUT2D eigenvalue weighted by Crippen LogP contribution is -2.48. The Morgan fingerprint density at radius 3 is 2.62 bits per heavy atom. The van der Waals surface area contributed by atoms with Crippen LogP contribution in [0.3, 0.4) is 0 Å². The second-order valence-electron chi connectivity index (χ2n) is 6.63. The Kier molecular flexibility index (Phi) is 4.71. The zero-order chi connectivity index (χ0) is 16.2. The molecule has 2 aliphatic heterocycles. The molecule has 2 aliphatic rings. The number of benzene rings is 1. The molecule has 0 aliphatic carbocycles. The van der Waals surface area contributed by atoms with Crippen molar-refractivity contribution in [2.24, 2.45) is 5.92 Å². The molecule has 4 rings (SSSR count). The van der Waals surface area contributed by atoms with Gasteiger partial charge in [0.05, 0.1) is 12.3 Å². The fraction of sp³-hybridized carbons (Fsp3) is 0.474. The highest BCUT2D eigenvalue weighted by atomic mass is 16.5. The first-order chi connectivity index (χ1) is 11.9. The quantitative estimate of drug-likeness (QED) is 0.863. The maximum absolute atomic E-state index is 5.49. The van der Waals surface area contributed by atoms with E-state index in [4.69, 9.17) is 9.72 Å². The van der Waals surface area contributed by atoms with Gasteiger partial charge >= 0.3 is 0 Å². The smallest absolute Gasteiger partial charge is 0.225 e. The third-order valence-corrected chi connectivity index (χ3v) is 4.91. The van der Waals surface area contributed by atoms with Crippen LogP contribution in [0.5, 0.6) is 0 Å². The molecule has 2 aromatic rings. The van der Waals surface area contributed by atoms with E-state index in [2.05, 4.69) is 26.9 Å². The molecule has 1 aromatic heterocycles. The predicted molar refractivity (Wildman–Crippen MR) is 95.0 cm³/mol. The van der Waals surface area contributed by atoms with E-state index in [-0.39, 0.29) is 0 Å². The summed E-state index contributed by atoms with van der Waals surface area (Å²) in [6, 6.07) is 12.3. The second-order valence-corrected chi connectivity index (χ2v) is 6.63. The molecule has 0 bridgehead atoms. The topological polar surface area (TPSA) is 41.5 Å². The number of nitrogens with zero attached hydrogens (tertiary/aromatic N) is 4. The Hall–Kier alpha value is -1.98. The molecule has 5 heteroatoms. The molecule has 0 saturated carbocycles. The molecule has 0 radical (unpaired) electrons. The van der Waals surface area contributed by atoms with Gasteiger partial charge in [-0.25, -0.2) is 9.97 Å². The highest BCUT2D eigenvalue weighted by Gasteiger charge is 2.23. The maximum atomic E-state index is 5.49. The number of ether oxygens (including phenoxy) is 1. The van der Waals surface area contributed by atoms with Crippen LogP contribution in [-0.2, 0) is 4.74 Å². The minimum Gasteiger partial charge on any atom is -0.381 e. The van der Waals surface area contributed by atoms with Crippen LogP contribution in [0.25, 0.3) is 11.3 Å². The van der Waals surface area contributed by atoms with Gasteiger partial charge in [0.1, 0.15) is 0 Å². The summed E-state index contributed by atoms with van der Waals surface area (Å²) < 4.78 is 5.49. The molecule has 1 aromatic carbocycles. The molecule has 2 saturated heterocycles. The van der Waals surface area contributed by atoms with Gasteiger partial charge in [0, 0.05) is 51.1 Å². The van der Waals surface area contributed by atoms with Gasteiger partial charge in [0.25, 0.3) is 0 Å². The first-order valence-electron chi connectivity index (χ1n) is 8.82. The number of hydrogen-bond acceptors (Lipinski definition) is 5.